The fraction of sp³-hybridized carbons (Fsp3) is 0.400. The molecule has 0 aromatic heterocycles. The molecule has 0 saturated carbocycles. The Balaban J connectivity index is 2.47. The molecule has 0 unspecified atom stereocenters. The lowest BCUT2D eigenvalue weighted by Gasteiger charge is -2.16. The molecule has 120 valence electrons. The second kappa shape index (κ2) is 8.66. The van der Waals surface area contributed by atoms with Crippen LogP contribution >= 0.6 is 0 Å². The molecule has 0 saturated heterocycles. The molecule has 0 heterocycles. The van der Waals surface area contributed by atoms with Crippen LogP contribution in [0.2, 0.25) is 0 Å². The van der Waals surface area contributed by atoms with Gasteiger partial charge in [-0.1, -0.05) is 12.1 Å². The lowest BCUT2D eigenvalue weighted by molar-refractivity contribution is -0.122. The molecule has 0 aliphatic rings. The molecule has 22 heavy (non-hydrogen) atoms. The van der Waals surface area contributed by atoms with E-state index >= 15 is 0 Å². The van der Waals surface area contributed by atoms with Crippen LogP contribution in [-0.2, 0) is 20.9 Å². The van der Waals surface area contributed by atoms with Crippen LogP contribution < -0.4 is 10.6 Å². The van der Waals surface area contributed by atoms with E-state index in [2.05, 4.69) is 10.6 Å². The van der Waals surface area contributed by atoms with Crippen LogP contribution in [0, 0.1) is 0 Å². The van der Waals surface area contributed by atoms with Gasteiger partial charge in [0.2, 0.25) is 11.8 Å². The van der Waals surface area contributed by atoms with Gasteiger partial charge < -0.3 is 20.3 Å². The molecule has 7 nitrogen and oxygen atoms in total. The van der Waals surface area contributed by atoms with Crippen molar-refractivity contribution in [3.8, 4) is 0 Å². The minimum Gasteiger partial charge on any atom is -0.450 e. The maximum Gasteiger partial charge on any atom is 0.409 e. The van der Waals surface area contributed by atoms with Gasteiger partial charge in [-0.25, -0.2) is 4.79 Å². The summed E-state index contributed by atoms with van der Waals surface area (Å²) < 4.78 is 4.79. The summed E-state index contributed by atoms with van der Waals surface area (Å²) in [4.78, 5) is 35.4. The summed E-state index contributed by atoms with van der Waals surface area (Å²) in [5.74, 6) is -0.447. The largest absolute Gasteiger partial charge is 0.450 e. The normalized spacial score (nSPS) is 9.77. The van der Waals surface area contributed by atoms with Crippen LogP contribution in [0.1, 0.15) is 19.4 Å². The summed E-state index contributed by atoms with van der Waals surface area (Å²) in [6, 6.07) is 7.16. The minimum atomic E-state index is -0.537. The Hall–Kier alpha value is -2.57. The van der Waals surface area contributed by atoms with Gasteiger partial charge in [0.25, 0.3) is 0 Å². The van der Waals surface area contributed by atoms with Gasteiger partial charge in [0.05, 0.1) is 6.61 Å². The van der Waals surface area contributed by atoms with Gasteiger partial charge in [0.1, 0.15) is 6.54 Å². The smallest absolute Gasteiger partial charge is 0.409 e. The van der Waals surface area contributed by atoms with Gasteiger partial charge in [-0.2, -0.15) is 0 Å². The topological polar surface area (TPSA) is 87.7 Å². The van der Waals surface area contributed by atoms with Crippen molar-refractivity contribution < 1.29 is 19.1 Å². The molecule has 0 fully saturated rings. The first-order valence-electron chi connectivity index (χ1n) is 6.93. The summed E-state index contributed by atoms with van der Waals surface area (Å²) in [6.07, 6.45) is -0.537. The Morgan fingerprint density at radius 3 is 2.64 bits per heavy atom. The van der Waals surface area contributed by atoms with Crippen LogP contribution in [-0.4, -0.2) is 43.0 Å². The number of rotatable bonds is 6. The zero-order chi connectivity index (χ0) is 16.5. The van der Waals surface area contributed by atoms with Crippen molar-refractivity contribution >= 4 is 23.6 Å². The van der Waals surface area contributed by atoms with E-state index in [-0.39, 0.29) is 25.0 Å². The predicted octanol–water partition coefficient (Wildman–Crippen LogP) is 1.35. The second-order valence-corrected chi connectivity index (χ2v) is 4.71. The maximum atomic E-state index is 11.8. The summed E-state index contributed by atoms with van der Waals surface area (Å²) in [7, 11) is 1.50. The van der Waals surface area contributed by atoms with E-state index in [1.54, 1.807) is 25.1 Å². The molecule has 0 bridgehead atoms. The number of anilines is 1. The van der Waals surface area contributed by atoms with E-state index in [0.717, 1.165) is 5.56 Å². The molecule has 0 spiro atoms. The van der Waals surface area contributed by atoms with E-state index in [1.165, 1.54) is 18.9 Å². The number of likely N-dealkylation sites (N-methyl/N-ethyl adjacent to an activating group) is 1. The molecular formula is C15H21N3O4. The monoisotopic (exact) mass is 307 g/mol. The zero-order valence-electron chi connectivity index (χ0n) is 13.0. The number of hydrogen-bond donors (Lipinski definition) is 2. The third-order valence-electron chi connectivity index (χ3n) is 2.70. The number of nitrogens with zero attached hydrogens (tertiary/aromatic N) is 1. The molecule has 2 N–H and O–H groups in total. The van der Waals surface area contributed by atoms with Crippen molar-refractivity contribution in [1.82, 2.24) is 10.2 Å². The lowest BCUT2D eigenvalue weighted by Crippen LogP contribution is -2.38. The fourth-order valence-corrected chi connectivity index (χ4v) is 1.73. The van der Waals surface area contributed by atoms with Gasteiger partial charge in [-0.15, -0.1) is 0 Å². The van der Waals surface area contributed by atoms with E-state index in [4.69, 9.17) is 4.74 Å². The summed E-state index contributed by atoms with van der Waals surface area (Å²) in [5.41, 5.74) is 1.52. The van der Waals surface area contributed by atoms with E-state index in [0.29, 0.717) is 12.2 Å². The molecule has 0 atom stereocenters. The standard InChI is InChI=1S/C15H21N3O4/c1-4-22-15(21)18(3)10-14(20)16-9-12-6-5-7-13(8-12)17-11(2)19/h5-8H,4,9-10H2,1-3H3,(H,16,20)(H,17,19). The zero-order valence-corrected chi connectivity index (χ0v) is 13.0. The van der Waals surface area contributed by atoms with Gasteiger partial charge in [-0.3, -0.25) is 9.59 Å². The van der Waals surface area contributed by atoms with Crippen LogP contribution in [0.15, 0.2) is 24.3 Å². The first kappa shape index (κ1) is 17.5. The average Bonchev–Trinajstić information content (AvgIpc) is 2.45. The van der Waals surface area contributed by atoms with E-state index in [1.807, 2.05) is 6.07 Å². The van der Waals surface area contributed by atoms with Gasteiger partial charge in [-0.05, 0) is 24.6 Å². The third kappa shape index (κ3) is 6.25. The highest BCUT2D eigenvalue weighted by Gasteiger charge is 2.13. The maximum absolute atomic E-state index is 11.8. The van der Waals surface area contributed by atoms with Crippen LogP contribution in [0.3, 0.4) is 0 Å². The average molecular weight is 307 g/mol. The highest BCUT2D eigenvalue weighted by atomic mass is 16.6. The Morgan fingerprint density at radius 2 is 2.00 bits per heavy atom. The molecular weight excluding hydrogens is 286 g/mol. The van der Waals surface area contributed by atoms with Crippen LogP contribution in [0.25, 0.3) is 0 Å². The number of amides is 3. The fourth-order valence-electron chi connectivity index (χ4n) is 1.73. The number of ether oxygens (including phenoxy) is 1. The molecule has 0 aliphatic heterocycles. The Labute approximate surface area is 129 Å². The SMILES string of the molecule is CCOC(=O)N(C)CC(=O)NCc1cccc(NC(C)=O)c1. The first-order chi connectivity index (χ1) is 10.4. The third-order valence-corrected chi connectivity index (χ3v) is 2.70. The number of benzene rings is 1. The summed E-state index contributed by atoms with van der Waals surface area (Å²) in [6.45, 7) is 3.63. The Morgan fingerprint density at radius 1 is 1.27 bits per heavy atom. The molecule has 1 rings (SSSR count). The Kier molecular flexibility index (Phi) is 6.88. The first-order valence-corrected chi connectivity index (χ1v) is 6.93. The van der Waals surface area contributed by atoms with E-state index in [9.17, 15) is 14.4 Å². The molecule has 3 amide bonds. The van der Waals surface area contributed by atoms with Crippen molar-refractivity contribution in [3.05, 3.63) is 29.8 Å². The summed E-state index contributed by atoms with van der Waals surface area (Å²) >= 11 is 0. The van der Waals surface area contributed by atoms with Gasteiger partial charge >= 0.3 is 6.09 Å². The van der Waals surface area contributed by atoms with Crippen molar-refractivity contribution in [2.75, 3.05) is 25.5 Å². The Bertz CT molecular complexity index is 545. The highest BCUT2D eigenvalue weighted by Crippen LogP contribution is 2.10. The number of nitrogens with one attached hydrogen (secondary N) is 2. The van der Waals surface area contributed by atoms with Crippen LogP contribution in [0.4, 0.5) is 10.5 Å². The van der Waals surface area contributed by atoms with Crippen LogP contribution in [0.5, 0.6) is 0 Å². The van der Waals surface area contributed by atoms with E-state index < -0.39 is 6.09 Å². The molecule has 0 radical (unpaired) electrons. The molecule has 1 aromatic carbocycles. The van der Waals surface area contributed by atoms with Gasteiger partial charge in [0.15, 0.2) is 0 Å². The minimum absolute atomic E-state index is 0.0791. The lowest BCUT2D eigenvalue weighted by atomic mass is 10.2. The molecule has 1 aromatic rings. The summed E-state index contributed by atoms with van der Waals surface area (Å²) in [5, 5.41) is 5.38. The highest BCUT2D eigenvalue weighted by molar-refractivity contribution is 5.88. The second-order valence-electron chi connectivity index (χ2n) is 4.71. The molecule has 0 aliphatic carbocycles. The number of hydrogen-bond acceptors (Lipinski definition) is 4. The van der Waals surface area contributed by atoms with Gasteiger partial charge in [0, 0.05) is 26.2 Å². The number of carbonyl (C=O) groups is 3. The number of carbonyl (C=O) groups excluding carboxylic acids is 3. The predicted molar refractivity (Wildman–Crippen MR) is 82.2 cm³/mol. The van der Waals surface area contributed by atoms with Crippen molar-refractivity contribution in [2.45, 2.75) is 20.4 Å². The molecule has 7 heteroatoms. The quantitative estimate of drug-likeness (QED) is 0.830. The van der Waals surface area contributed by atoms with Crippen molar-refractivity contribution in [3.63, 3.8) is 0 Å². The van der Waals surface area contributed by atoms with Crippen molar-refractivity contribution in [1.29, 1.82) is 0 Å². The van der Waals surface area contributed by atoms with Crippen molar-refractivity contribution in [2.24, 2.45) is 0 Å².